The van der Waals surface area contributed by atoms with Gasteiger partial charge in [0, 0.05) is 25.2 Å². The standard InChI is InChI=1S/C19H23N3O.ClH/c1-14(23)21-19-9-5-8-16-12-17(10-11-18(16)19)22-20-13-15-6-3-2-4-7-15;/h2-9,17,20,22H,10-13H2,1H3,(H,21,23);1H. The van der Waals surface area contributed by atoms with Crippen molar-refractivity contribution < 1.29 is 4.79 Å². The summed E-state index contributed by atoms with van der Waals surface area (Å²) < 4.78 is 0. The van der Waals surface area contributed by atoms with Gasteiger partial charge in [0.25, 0.3) is 0 Å². The SMILES string of the molecule is CC(=O)Nc1cccc2c1CCC(NNCc1ccccc1)C2.Cl. The Bertz CT molecular complexity index is 676. The Hall–Kier alpha value is -1.88. The molecule has 5 heteroatoms. The molecule has 0 aliphatic heterocycles. The molecule has 3 rings (SSSR count). The molecule has 0 spiro atoms. The summed E-state index contributed by atoms with van der Waals surface area (Å²) in [6.45, 7) is 2.37. The average molecular weight is 346 g/mol. The summed E-state index contributed by atoms with van der Waals surface area (Å²) in [6.07, 6.45) is 3.02. The van der Waals surface area contributed by atoms with Crippen LogP contribution in [0.15, 0.2) is 48.5 Å². The summed E-state index contributed by atoms with van der Waals surface area (Å²) in [6, 6.07) is 16.9. The summed E-state index contributed by atoms with van der Waals surface area (Å²) in [5, 5.41) is 2.94. The second kappa shape index (κ2) is 8.83. The molecule has 0 fully saturated rings. The van der Waals surface area contributed by atoms with Crippen molar-refractivity contribution in [1.29, 1.82) is 0 Å². The molecule has 2 aromatic carbocycles. The lowest BCUT2D eigenvalue weighted by atomic mass is 9.87. The molecule has 1 aliphatic carbocycles. The van der Waals surface area contributed by atoms with Gasteiger partial charge >= 0.3 is 0 Å². The zero-order valence-electron chi connectivity index (χ0n) is 13.8. The molecule has 0 saturated carbocycles. The molecule has 1 aliphatic rings. The van der Waals surface area contributed by atoms with E-state index in [9.17, 15) is 4.79 Å². The lowest BCUT2D eigenvalue weighted by molar-refractivity contribution is -0.114. The number of amides is 1. The van der Waals surface area contributed by atoms with Crippen LogP contribution in [0.1, 0.15) is 30.0 Å². The number of hydrazine groups is 1. The molecule has 1 unspecified atom stereocenters. The second-order valence-corrected chi connectivity index (χ2v) is 6.05. The highest BCUT2D eigenvalue weighted by molar-refractivity contribution is 5.89. The first kappa shape index (κ1) is 18.5. The maximum absolute atomic E-state index is 11.3. The molecule has 1 amide bonds. The molecule has 1 atom stereocenters. The smallest absolute Gasteiger partial charge is 0.221 e. The molecular weight excluding hydrogens is 322 g/mol. The monoisotopic (exact) mass is 345 g/mol. The third kappa shape index (κ3) is 4.81. The minimum absolute atomic E-state index is 0. The Labute approximate surface area is 149 Å². The summed E-state index contributed by atoms with van der Waals surface area (Å²) in [5.41, 5.74) is 11.6. The highest BCUT2D eigenvalue weighted by Crippen LogP contribution is 2.28. The lowest BCUT2D eigenvalue weighted by Gasteiger charge is -2.27. The van der Waals surface area contributed by atoms with Crippen LogP contribution in [0.2, 0.25) is 0 Å². The van der Waals surface area contributed by atoms with Crippen LogP contribution in [-0.2, 0) is 24.2 Å². The number of carbonyl (C=O) groups is 1. The molecule has 2 aromatic rings. The van der Waals surface area contributed by atoms with Gasteiger partial charge in [0.05, 0.1) is 0 Å². The quantitative estimate of drug-likeness (QED) is 0.729. The van der Waals surface area contributed by atoms with Crippen LogP contribution >= 0.6 is 12.4 Å². The Morgan fingerprint density at radius 1 is 1.12 bits per heavy atom. The summed E-state index contributed by atoms with van der Waals surface area (Å²) in [4.78, 5) is 11.3. The Morgan fingerprint density at radius 2 is 1.92 bits per heavy atom. The predicted molar refractivity (Wildman–Crippen MR) is 100 cm³/mol. The van der Waals surface area contributed by atoms with Crippen molar-refractivity contribution in [2.24, 2.45) is 0 Å². The van der Waals surface area contributed by atoms with Gasteiger partial charge in [-0.05, 0) is 42.0 Å². The van der Waals surface area contributed by atoms with Gasteiger partial charge in [0.1, 0.15) is 0 Å². The zero-order chi connectivity index (χ0) is 16.1. The van der Waals surface area contributed by atoms with E-state index >= 15 is 0 Å². The van der Waals surface area contributed by atoms with E-state index in [1.165, 1.54) is 16.7 Å². The largest absolute Gasteiger partial charge is 0.326 e. The predicted octanol–water partition coefficient (Wildman–Crippen LogP) is 3.22. The minimum atomic E-state index is -0.0109. The van der Waals surface area contributed by atoms with Crippen molar-refractivity contribution in [2.45, 2.75) is 38.8 Å². The third-order valence-electron chi connectivity index (χ3n) is 4.23. The molecule has 0 aromatic heterocycles. The van der Waals surface area contributed by atoms with Gasteiger partial charge in [-0.2, -0.15) is 0 Å². The lowest BCUT2D eigenvalue weighted by Crippen LogP contribution is -2.43. The first-order valence-electron chi connectivity index (χ1n) is 8.13. The fourth-order valence-corrected chi connectivity index (χ4v) is 3.13. The fraction of sp³-hybridized carbons (Fsp3) is 0.316. The molecule has 4 nitrogen and oxygen atoms in total. The number of fused-ring (bicyclic) bond motifs is 1. The van der Waals surface area contributed by atoms with E-state index in [2.05, 4.69) is 46.5 Å². The van der Waals surface area contributed by atoms with Gasteiger partial charge in [-0.15, -0.1) is 12.4 Å². The van der Waals surface area contributed by atoms with Gasteiger partial charge in [0.2, 0.25) is 5.91 Å². The van der Waals surface area contributed by atoms with Gasteiger partial charge < -0.3 is 5.32 Å². The highest BCUT2D eigenvalue weighted by Gasteiger charge is 2.20. The van der Waals surface area contributed by atoms with E-state index in [-0.39, 0.29) is 18.3 Å². The van der Waals surface area contributed by atoms with Crippen molar-refractivity contribution in [3.8, 4) is 0 Å². The summed E-state index contributed by atoms with van der Waals surface area (Å²) in [5.74, 6) is -0.0109. The van der Waals surface area contributed by atoms with Crippen LogP contribution in [0.3, 0.4) is 0 Å². The summed E-state index contributed by atoms with van der Waals surface area (Å²) >= 11 is 0. The van der Waals surface area contributed by atoms with Crippen molar-refractivity contribution in [1.82, 2.24) is 10.9 Å². The van der Waals surface area contributed by atoms with Gasteiger partial charge in [-0.1, -0.05) is 42.5 Å². The first-order chi connectivity index (χ1) is 11.2. The van der Waals surface area contributed by atoms with Crippen LogP contribution < -0.4 is 16.2 Å². The number of anilines is 1. The van der Waals surface area contributed by atoms with Gasteiger partial charge in [-0.3, -0.25) is 15.6 Å². The normalized spacial score (nSPS) is 16.0. The van der Waals surface area contributed by atoms with Crippen LogP contribution in [0.25, 0.3) is 0 Å². The Morgan fingerprint density at radius 3 is 2.67 bits per heavy atom. The number of nitrogens with one attached hydrogen (secondary N) is 3. The van der Waals surface area contributed by atoms with Crippen molar-refractivity contribution in [3.63, 3.8) is 0 Å². The highest BCUT2D eigenvalue weighted by atomic mass is 35.5. The van der Waals surface area contributed by atoms with E-state index in [0.717, 1.165) is 31.5 Å². The zero-order valence-corrected chi connectivity index (χ0v) is 14.7. The number of benzene rings is 2. The second-order valence-electron chi connectivity index (χ2n) is 6.05. The number of halogens is 1. The summed E-state index contributed by atoms with van der Waals surface area (Å²) in [7, 11) is 0. The van der Waals surface area contributed by atoms with E-state index in [0.29, 0.717) is 6.04 Å². The Balaban J connectivity index is 0.00000208. The fourth-order valence-electron chi connectivity index (χ4n) is 3.13. The third-order valence-corrected chi connectivity index (χ3v) is 4.23. The van der Waals surface area contributed by atoms with E-state index in [1.807, 2.05) is 18.2 Å². The first-order valence-corrected chi connectivity index (χ1v) is 8.13. The number of carbonyl (C=O) groups excluding carboxylic acids is 1. The molecule has 24 heavy (non-hydrogen) atoms. The molecule has 0 bridgehead atoms. The maximum atomic E-state index is 11.3. The molecule has 0 saturated heterocycles. The number of hydrogen-bond donors (Lipinski definition) is 3. The molecule has 3 N–H and O–H groups in total. The van der Waals surface area contributed by atoms with Crippen molar-refractivity contribution >= 4 is 24.0 Å². The molecule has 0 radical (unpaired) electrons. The maximum Gasteiger partial charge on any atom is 0.221 e. The molecule has 128 valence electrons. The van der Waals surface area contributed by atoms with Gasteiger partial charge in [0.15, 0.2) is 0 Å². The number of rotatable bonds is 5. The van der Waals surface area contributed by atoms with Crippen molar-refractivity contribution in [3.05, 3.63) is 65.2 Å². The van der Waals surface area contributed by atoms with Crippen LogP contribution in [0, 0.1) is 0 Å². The Kier molecular flexibility index (Phi) is 6.79. The van der Waals surface area contributed by atoms with Gasteiger partial charge in [-0.25, -0.2) is 0 Å². The van der Waals surface area contributed by atoms with E-state index < -0.39 is 0 Å². The molecule has 0 heterocycles. The van der Waals surface area contributed by atoms with E-state index in [1.54, 1.807) is 6.92 Å². The van der Waals surface area contributed by atoms with E-state index in [4.69, 9.17) is 0 Å². The van der Waals surface area contributed by atoms with Crippen LogP contribution in [0.4, 0.5) is 5.69 Å². The average Bonchev–Trinajstić information content (AvgIpc) is 2.55. The van der Waals surface area contributed by atoms with Crippen LogP contribution in [0.5, 0.6) is 0 Å². The topological polar surface area (TPSA) is 53.2 Å². The molecular formula is C19H24ClN3O. The van der Waals surface area contributed by atoms with Crippen LogP contribution in [-0.4, -0.2) is 11.9 Å². The minimum Gasteiger partial charge on any atom is -0.326 e. The van der Waals surface area contributed by atoms with Crippen molar-refractivity contribution in [2.75, 3.05) is 5.32 Å². The number of hydrogen-bond acceptors (Lipinski definition) is 3.